The van der Waals surface area contributed by atoms with E-state index < -0.39 is 0 Å². The summed E-state index contributed by atoms with van der Waals surface area (Å²) in [5, 5.41) is 12.2. The molecule has 1 atom stereocenters. The standard InChI is InChI=1S/C35H44N6/c1-22(2)26-10-8-25-9-13-30(18-31(25)16-26)34(41-37)21-39-35(6,7)24(5)27-11-12-29-19-32(15-14-28(29)17-27)38-20-33(40-36)23(3)4/h8-24,38,40H,36-37H2,1-7H3/b33-20-,39-21?,41-34+. The van der Waals surface area contributed by atoms with Gasteiger partial charge in [0.2, 0.25) is 0 Å². The first-order valence-electron chi connectivity index (χ1n) is 14.4. The highest BCUT2D eigenvalue weighted by molar-refractivity contribution is 6.38. The fourth-order valence-corrected chi connectivity index (χ4v) is 4.87. The van der Waals surface area contributed by atoms with Gasteiger partial charge in [-0.25, -0.2) is 0 Å². The molecule has 0 aliphatic rings. The number of nitrogens with one attached hydrogen (secondary N) is 2. The molecule has 0 aromatic heterocycles. The first-order chi connectivity index (χ1) is 19.5. The molecule has 6 heteroatoms. The van der Waals surface area contributed by atoms with Crippen LogP contribution in [0.4, 0.5) is 5.69 Å². The second kappa shape index (κ2) is 12.6. The molecule has 0 fully saturated rings. The molecule has 0 heterocycles. The van der Waals surface area contributed by atoms with Crippen molar-refractivity contribution < 1.29 is 0 Å². The lowest BCUT2D eigenvalue weighted by atomic mass is 9.83. The van der Waals surface area contributed by atoms with Gasteiger partial charge in [0.1, 0.15) is 5.71 Å². The van der Waals surface area contributed by atoms with Gasteiger partial charge < -0.3 is 16.6 Å². The number of rotatable bonds is 10. The minimum Gasteiger partial charge on any atom is -0.360 e. The summed E-state index contributed by atoms with van der Waals surface area (Å²) in [6, 6.07) is 25.9. The molecule has 4 aromatic carbocycles. The first-order valence-corrected chi connectivity index (χ1v) is 14.4. The monoisotopic (exact) mass is 548 g/mol. The maximum absolute atomic E-state index is 5.86. The zero-order valence-electron chi connectivity index (χ0n) is 25.4. The van der Waals surface area contributed by atoms with E-state index in [0.717, 1.165) is 16.9 Å². The molecule has 4 rings (SSSR count). The van der Waals surface area contributed by atoms with Gasteiger partial charge in [-0.05, 0) is 76.6 Å². The number of fused-ring (bicyclic) bond motifs is 2. The summed E-state index contributed by atoms with van der Waals surface area (Å²) >= 11 is 0. The fraction of sp³-hybridized carbons (Fsp3) is 0.314. The highest BCUT2D eigenvalue weighted by Crippen LogP contribution is 2.33. The summed E-state index contributed by atoms with van der Waals surface area (Å²) in [5.74, 6) is 12.4. The van der Waals surface area contributed by atoms with E-state index in [1.807, 2.05) is 12.4 Å². The van der Waals surface area contributed by atoms with E-state index in [9.17, 15) is 0 Å². The first kappa shape index (κ1) is 29.8. The van der Waals surface area contributed by atoms with E-state index in [1.165, 1.54) is 32.7 Å². The zero-order chi connectivity index (χ0) is 29.7. The maximum Gasteiger partial charge on any atom is 0.108 e. The third kappa shape index (κ3) is 6.95. The van der Waals surface area contributed by atoms with Crippen LogP contribution in [-0.2, 0) is 0 Å². The van der Waals surface area contributed by atoms with Crippen molar-refractivity contribution in [2.45, 2.75) is 65.8 Å². The molecule has 0 aliphatic carbocycles. The van der Waals surface area contributed by atoms with Crippen molar-refractivity contribution in [2.75, 3.05) is 5.32 Å². The molecule has 214 valence electrons. The average Bonchev–Trinajstić information content (AvgIpc) is 2.96. The van der Waals surface area contributed by atoms with Crippen molar-refractivity contribution in [3.8, 4) is 0 Å². The quantitative estimate of drug-likeness (QED) is 0.0922. The van der Waals surface area contributed by atoms with Gasteiger partial charge in [-0.15, -0.1) is 0 Å². The second-order valence-electron chi connectivity index (χ2n) is 12.0. The number of hydrogen-bond donors (Lipinski definition) is 4. The number of allylic oxidation sites excluding steroid dienone is 1. The Morgan fingerprint density at radius 2 is 1.41 bits per heavy atom. The number of hydrazine groups is 1. The topological polar surface area (TPSA) is 101 Å². The van der Waals surface area contributed by atoms with Crippen LogP contribution in [0.2, 0.25) is 0 Å². The highest BCUT2D eigenvalue weighted by atomic mass is 15.2. The summed E-state index contributed by atoms with van der Waals surface area (Å²) in [5.41, 5.74) is 8.51. The van der Waals surface area contributed by atoms with Crippen molar-refractivity contribution in [3.63, 3.8) is 0 Å². The van der Waals surface area contributed by atoms with E-state index in [-0.39, 0.29) is 11.5 Å². The molecule has 6 nitrogen and oxygen atoms in total. The number of hydrazone groups is 1. The van der Waals surface area contributed by atoms with Crippen LogP contribution >= 0.6 is 0 Å². The second-order valence-corrected chi connectivity index (χ2v) is 12.0. The minimum atomic E-state index is -0.375. The van der Waals surface area contributed by atoms with Crippen LogP contribution in [0.15, 0.2) is 94.8 Å². The Hall–Kier alpha value is -4.16. The third-order valence-corrected chi connectivity index (χ3v) is 8.09. The molecule has 0 aliphatic heterocycles. The highest BCUT2D eigenvalue weighted by Gasteiger charge is 2.26. The summed E-state index contributed by atoms with van der Waals surface area (Å²) in [7, 11) is 0. The van der Waals surface area contributed by atoms with Crippen LogP contribution in [-0.4, -0.2) is 17.5 Å². The Balaban J connectivity index is 1.53. The van der Waals surface area contributed by atoms with Crippen molar-refractivity contribution in [1.29, 1.82) is 0 Å². The van der Waals surface area contributed by atoms with Crippen LogP contribution in [0.5, 0.6) is 0 Å². The van der Waals surface area contributed by atoms with E-state index >= 15 is 0 Å². The van der Waals surface area contributed by atoms with Gasteiger partial charge in [0.15, 0.2) is 0 Å². The van der Waals surface area contributed by atoms with Crippen LogP contribution in [0.3, 0.4) is 0 Å². The van der Waals surface area contributed by atoms with Gasteiger partial charge in [-0.2, -0.15) is 5.10 Å². The van der Waals surface area contributed by atoms with E-state index in [4.69, 9.17) is 16.7 Å². The molecule has 0 amide bonds. The summed E-state index contributed by atoms with van der Waals surface area (Å²) in [6.45, 7) is 15.1. The number of anilines is 1. The SMILES string of the molecule is CC(C)/C(=C/Nc1ccc2cc(C(C)C(C)(C)N=C/C(=N\N)c3ccc4ccc(C(C)C)cc4c3)ccc2c1)NN. The van der Waals surface area contributed by atoms with Gasteiger partial charge in [0.05, 0.1) is 11.8 Å². The Kier molecular flexibility index (Phi) is 9.14. The molecule has 0 radical (unpaired) electrons. The van der Waals surface area contributed by atoms with E-state index in [0.29, 0.717) is 17.5 Å². The molecular weight excluding hydrogens is 504 g/mol. The Morgan fingerprint density at radius 1 is 0.780 bits per heavy atom. The summed E-state index contributed by atoms with van der Waals surface area (Å²) < 4.78 is 0. The third-order valence-electron chi connectivity index (χ3n) is 8.09. The number of benzene rings is 4. The van der Waals surface area contributed by atoms with Crippen molar-refractivity contribution in [2.24, 2.45) is 27.7 Å². The largest absolute Gasteiger partial charge is 0.360 e. The Morgan fingerprint density at radius 3 is 2.10 bits per heavy atom. The molecule has 0 bridgehead atoms. The molecule has 1 unspecified atom stereocenters. The Labute approximate surface area is 244 Å². The molecule has 6 N–H and O–H groups in total. The summed E-state index contributed by atoms with van der Waals surface area (Å²) in [6.07, 6.45) is 3.74. The van der Waals surface area contributed by atoms with Crippen LogP contribution < -0.4 is 22.4 Å². The van der Waals surface area contributed by atoms with Gasteiger partial charge in [0.25, 0.3) is 0 Å². The lowest BCUT2D eigenvalue weighted by Crippen LogP contribution is -2.26. The van der Waals surface area contributed by atoms with Gasteiger partial charge in [0, 0.05) is 29.1 Å². The smallest absolute Gasteiger partial charge is 0.108 e. The van der Waals surface area contributed by atoms with Gasteiger partial charge in [-0.3, -0.25) is 10.8 Å². The molecular formula is C35H44N6. The van der Waals surface area contributed by atoms with Crippen molar-refractivity contribution in [3.05, 3.63) is 101 Å². The normalized spacial score (nSPS) is 14.0. The van der Waals surface area contributed by atoms with E-state index in [1.54, 1.807) is 0 Å². The van der Waals surface area contributed by atoms with Crippen molar-refractivity contribution >= 4 is 39.2 Å². The van der Waals surface area contributed by atoms with Gasteiger partial charge in [-0.1, -0.05) is 89.2 Å². The van der Waals surface area contributed by atoms with Crippen LogP contribution in [0.1, 0.15) is 77.0 Å². The number of nitrogens with two attached hydrogens (primary N) is 2. The zero-order valence-corrected chi connectivity index (χ0v) is 25.4. The molecule has 41 heavy (non-hydrogen) atoms. The Bertz CT molecular complexity index is 1610. The van der Waals surface area contributed by atoms with Gasteiger partial charge >= 0.3 is 0 Å². The van der Waals surface area contributed by atoms with Crippen LogP contribution in [0.25, 0.3) is 21.5 Å². The lowest BCUT2D eigenvalue weighted by molar-refractivity contribution is 0.441. The average molecular weight is 549 g/mol. The summed E-state index contributed by atoms with van der Waals surface area (Å²) in [4.78, 5) is 4.99. The molecule has 4 aromatic rings. The number of nitrogens with zero attached hydrogens (tertiary/aromatic N) is 2. The number of aliphatic imine (C=N–C) groups is 1. The predicted octanol–water partition coefficient (Wildman–Crippen LogP) is 7.80. The predicted molar refractivity (Wildman–Crippen MR) is 178 cm³/mol. The lowest BCUT2D eigenvalue weighted by Gasteiger charge is -2.28. The number of hydrogen-bond acceptors (Lipinski definition) is 6. The molecule has 0 saturated heterocycles. The minimum absolute atomic E-state index is 0.164. The molecule has 0 spiro atoms. The fourth-order valence-electron chi connectivity index (χ4n) is 4.87. The van der Waals surface area contributed by atoms with E-state index in [2.05, 4.69) is 137 Å². The van der Waals surface area contributed by atoms with Crippen molar-refractivity contribution in [1.82, 2.24) is 5.43 Å². The van der Waals surface area contributed by atoms with Crippen LogP contribution in [0, 0.1) is 5.92 Å². The maximum atomic E-state index is 5.86. The molecule has 0 saturated carbocycles.